The first kappa shape index (κ1) is 19.1. The van der Waals surface area contributed by atoms with Crippen LogP contribution in [-0.2, 0) is 0 Å². The summed E-state index contributed by atoms with van der Waals surface area (Å²) in [7, 11) is 1.31. The van der Waals surface area contributed by atoms with Crippen molar-refractivity contribution in [2.45, 2.75) is 12.8 Å². The number of nitro benzene ring substituents is 2. The van der Waals surface area contributed by atoms with Crippen LogP contribution in [0, 0.1) is 20.2 Å². The number of hydrogen-bond acceptors (Lipinski definition) is 7. The van der Waals surface area contributed by atoms with Crippen LogP contribution < -0.4 is 15.0 Å². The van der Waals surface area contributed by atoms with Gasteiger partial charge in [0, 0.05) is 36.5 Å². The average Bonchev–Trinajstić information content (AvgIpc) is 3.21. The molecule has 146 valence electrons. The minimum atomic E-state index is -0.621. The second kappa shape index (κ2) is 7.91. The van der Waals surface area contributed by atoms with Crippen LogP contribution in [-0.4, -0.2) is 36.0 Å². The zero-order valence-corrected chi connectivity index (χ0v) is 15.1. The molecule has 0 atom stereocenters. The molecule has 0 unspecified atom stereocenters. The summed E-state index contributed by atoms with van der Waals surface area (Å²) in [5.41, 5.74) is 0.321. The van der Waals surface area contributed by atoms with E-state index in [0.717, 1.165) is 25.9 Å². The third-order valence-electron chi connectivity index (χ3n) is 4.51. The van der Waals surface area contributed by atoms with Crippen molar-refractivity contribution in [3.05, 3.63) is 62.2 Å². The molecule has 1 N–H and O–H groups in total. The summed E-state index contributed by atoms with van der Waals surface area (Å²) in [4.78, 5) is 35.9. The molecule has 1 saturated heterocycles. The number of ether oxygens (including phenoxy) is 1. The van der Waals surface area contributed by atoms with Crippen molar-refractivity contribution in [3.8, 4) is 5.75 Å². The number of carbonyl (C=O) groups excluding carboxylic acids is 1. The maximum Gasteiger partial charge on any atom is 0.312 e. The number of benzene rings is 2. The maximum absolute atomic E-state index is 12.5. The quantitative estimate of drug-likeness (QED) is 0.595. The number of methoxy groups -OCH3 is 1. The summed E-state index contributed by atoms with van der Waals surface area (Å²) in [6.07, 6.45) is 1.94. The van der Waals surface area contributed by atoms with Crippen LogP contribution in [0.1, 0.15) is 23.2 Å². The molecule has 10 heteroatoms. The van der Waals surface area contributed by atoms with Crippen molar-refractivity contribution < 1.29 is 19.4 Å². The molecule has 0 aliphatic carbocycles. The van der Waals surface area contributed by atoms with E-state index in [9.17, 15) is 25.0 Å². The molecule has 0 saturated carbocycles. The third kappa shape index (κ3) is 3.85. The van der Waals surface area contributed by atoms with E-state index < -0.39 is 15.8 Å². The van der Waals surface area contributed by atoms with Gasteiger partial charge < -0.3 is 15.0 Å². The van der Waals surface area contributed by atoms with Crippen LogP contribution in [0.2, 0.25) is 0 Å². The minimum absolute atomic E-state index is 0.0635. The van der Waals surface area contributed by atoms with Crippen molar-refractivity contribution in [1.82, 2.24) is 0 Å². The molecule has 1 aliphatic heterocycles. The van der Waals surface area contributed by atoms with E-state index in [2.05, 4.69) is 5.32 Å². The summed E-state index contributed by atoms with van der Waals surface area (Å²) in [5.74, 6) is -0.538. The van der Waals surface area contributed by atoms with Gasteiger partial charge in [-0.1, -0.05) is 0 Å². The van der Waals surface area contributed by atoms with Crippen LogP contribution in [0.5, 0.6) is 5.75 Å². The number of carbonyl (C=O) groups is 1. The van der Waals surface area contributed by atoms with Gasteiger partial charge in [0.25, 0.3) is 11.6 Å². The summed E-state index contributed by atoms with van der Waals surface area (Å²) >= 11 is 0. The molecule has 0 aromatic heterocycles. The van der Waals surface area contributed by atoms with Gasteiger partial charge in [0.05, 0.1) is 17.0 Å². The Labute approximate surface area is 160 Å². The SMILES string of the molecule is COc1ccc(NC(=O)c2ccc(N3CCCC3)c([N+](=O)[O-])c2)cc1[N+](=O)[O-]. The van der Waals surface area contributed by atoms with Crippen LogP contribution in [0.15, 0.2) is 36.4 Å². The van der Waals surface area contributed by atoms with E-state index in [0.29, 0.717) is 5.69 Å². The molecule has 28 heavy (non-hydrogen) atoms. The summed E-state index contributed by atoms with van der Waals surface area (Å²) in [6, 6.07) is 8.29. The van der Waals surface area contributed by atoms with E-state index in [-0.39, 0.29) is 28.4 Å². The third-order valence-corrected chi connectivity index (χ3v) is 4.51. The van der Waals surface area contributed by atoms with Crippen LogP contribution in [0.3, 0.4) is 0 Å². The lowest BCUT2D eigenvalue weighted by molar-refractivity contribution is -0.385. The lowest BCUT2D eigenvalue weighted by atomic mass is 10.1. The predicted octanol–water partition coefficient (Wildman–Crippen LogP) is 3.36. The molecule has 1 aliphatic rings. The summed E-state index contributed by atoms with van der Waals surface area (Å²) in [6.45, 7) is 1.48. The van der Waals surface area contributed by atoms with Gasteiger partial charge in [-0.2, -0.15) is 0 Å². The first-order chi connectivity index (χ1) is 13.4. The second-order valence-electron chi connectivity index (χ2n) is 6.25. The van der Waals surface area contributed by atoms with Gasteiger partial charge >= 0.3 is 5.69 Å². The van der Waals surface area contributed by atoms with Crippen LogP contribution in [0.4, 0.5) is 22.7 Å². The molecule has 2 aromatic rings. The number of amides is 1. The van der Waals surface area contributed by atoms with Gasteiger partial charge in [-0.05, 0) is 37.1 Å². The Kier molecular flexibility index (Phi) is 5.39. The first-order valence-electron chi connectivity index (χ1n) is 8.58. The highest BCUT2D eigenvalue weighted by atomic mass is 16.6. The number of hydrogen-bond donors (Lipinski definition) is 1. The molecular formula is C18H18N4O6. The highest BCUT2D eigenvalue weighted by Gasteiger charge is 2.24. The lowest BCUT2D eigenvalue weighted by Crippen LogP contribution is -2.19. The highest BCUT2D eigenvalue weighted by molar-refractivity contribution is 6.05. The Balaban J connectivity index is 1.86. The number of nitro groups is 2. The van der Waals surface area contributed by atoms with E-state index in [4.69, 9.17) is 4.74 Å². The van der Waals surface area contributed by atoms with Crippen LogP contribution in [0.25, 0.3) is 0 Å². The number of rotatable bonds is 6. The van der Waals surface area contributed by atoms with E-state index in [1.54, 1.807) is 6.07 Å². The second-order valence-corrected chi connectivity index (χ2v) is 6.25. The van der Waals surface area contributed by atoms with Crippen molar-refractivity contribution >= 4 is 28.7 Å². The smallest absolute Gasteiger partial charge is 0.312 e. The first-order valence-corrected chi connectivity index (χ1v) is 8.58. The fourth-order valence-electron chi connectivity index (χ4n) is 3.15. The van der Waals surface area contributed by atoms with Crippen molar-refractivity contribution in [2.24, 2.45) is 0 Å². The van der Waals surface area contributed by atoms with Gasteiger partial charge in [-0.25, -0.2) is 0 Å². The Morgan fingerprint density at radius 2 is 1.71 bits per heavy atom. The summed E-state index contributed by atoms with van der Waals surface area (Å²) in [5, 5.41) is 25.1. The molecule has 0 bridgehead atoms. The zero-order valence-electron chi connectivity index (χ0n) is 15.1. The molecule has 3 rings (SSSR count). The average molecular weight is 386 g/mol. The van der Waals surface area contributed by atoms with Gasteiger partial charge in [0.1, 0.15) is 5.69 Å². The van der Waals surface area contributed by atoms with Crippen LogP contribution >= 0.6 is 0 Å². The maximum atomic E-state index is 12.5. The molecular weight excluding hydrogens is 368 g/mol. The van der Waals surface area contributed by atoms with Crippen molar-refractivity contribution in [3.63, 3.8) is 0 Å². The largest absolute Gasteiger partial charge is 0.490 e. The standard InChI is InChI=1S/C18H18N4O6/c1-28-17-7-5-13(11-16(17)22(26)27)19-18(23)12-4-6-14(15(10-12)21(24)25)20-8-2-3-9-20/h4-7,10-11H,2-3,8-9H2,1H3,(H,19,23). The summed E-state index contributed by atoms with van der Waals surface area (Å²) < 4.78 is 4.92. The van der Waals surface area contributed by atoms with Gasteiger partial charge in [-0.15, -0.1) is 0 Å². The number of nitrogens with zero attached hydrogens (tertiary/aromatic N) is 3. The van der Waals surface area contributed by atoms with Gasteiger partial charge in [0.15, 0.2) is 5.75 Å². The van der Waals surface area contributed by atoms with Gasteiger partial charge in [0.2, 0.25) is 0 Å². The molecule has 1 fully saturated rings. The lowest BCUT2D eigenvalue weighted by Gasteiger charge is -2.17. The number of nitrogens with one attached hydrogen (secondary N) is 1. The van der Waals surface area contributed by atoms with Gasteiger partial charge in [-0.3, -0.25) is 25.0 Å². The van der Waals surface area contributed by atoms with Crippen molar-refractivity contribution in [1.29, 1.82) is 0 Å². The van der Waals surface area contributed by atoms with E-state index in [1.807, 2.05) is 4.90 Å². The topological polar surface area (TPSA) is 128 Å². The van der Waals surface area contributed by atoms with Crippen molar-refractivity contribution in [2.75, 3.05) is 30.4 Å². The Hall–Kier alpha value is -3.69. The monoisotopic (exact) mass is 386 g/mol. The molecule has 1 heterocycles. The normalized spacial score (nSPS) is 13.2. The Bertz CT molecular complexity index is 940. The zero-order chi connectivity index (χ0) is 20.3. The molecule has 2 aromatic carbocycles. The van der Waals surface area contributed by atoms with E-state index >= 15 is 0 Å². The minimum Gasteiger partial charge on any atom is -0.490 e. The molecule has 0 spiro atoms. The molecule has 10 nitrogen and oxygen atoms in total. The fraction of sp³-hybridized carbons (Fsp3) is 0.278. The highest BCUT2D eigenvalue weighted by Crippen LogP contribution is 2.33. The predicted molar refractivity (Wildman–Crippen MR) is 102 cm³/mol. The Morgan fingerprint density at radius 3 is 2.32 bits per heavy atom. The Morgan fingerprint density at radius 1 is 1.04 bits per heavy atom. The van der Waals surface area contributed by atoms with E-state index in [1.165, 1.54) is 37.4 Å². The molecule has 1 amide bonds. The molecule has 0 radical (unpaired) electrons. The number of anilines is 2. The fourth-order valence-corrected chi connectivity index (χ4v) is 3.15.